The summed E-state index contributed by atoms with van der Waals surface area (Å²) in [4.78, 5) is 0. The summed E-state index contributed by atoms with van der Waals surface area (Å²) >= 11 is 0. The Morgan fingerprint density at radius 3 is 2.36 bits per heavy atom. The fraction of sp³-hybridized carbons (Fsp3) is 0.875. The van der Waals surface area contributed by atoms with Gasteiger partial charge in [0, 0.05) is 33.5 Å². The van der Waals surface area contributed by atoms with Crippen LogP contribution in [-0.2, 0) is 9.47 Å². The van der Waals surface area contributed by atoms with Crippen LogP contribution in [0.15, 0.2) is 0 Å². The highest BCUT2D eigenvalue weighted by atomic mass is 16.7. The zero-order chi connectivity index (χ0) is 8.32. The standard InChI is InChI=1S/C8H13NO2/c1-10-8(11-2)5-7(6-8)3-4-9/h7H,3,5-6H2,1-2H3. The molecule has 1 aliphatic carbocycles. The maximum atomic E-state index is 8.39. The maximum Gasteiger partial charge on any atom is 0.168 e. The quantitative estimate of drug-likeness (QED) is 0.577. The van der Waals surface area contributed by atoms with E-state index in [4.69, 9.17) is 14.7 Å². The minimum absolute atomic E-state index is 0.373. The molecule has 3 nitrogen and oxygen atoms in total. The van der Waals surface area contributed by atoms with Crippen molar-refractivity contribution in [1.82, 2.24) is 0 Å². The first-order valence-electron chi connectivity index (χ1n) is 3.73. The van der Waals surface area contributed by atoms with Crippen LogP contribution in [0.5, 0.6) is 0 Å². The van der Waals surface area contributed by atoms with Gasteiger partial charge in [0.2, 0.25) is 0 Å². The molecule has 62 valence electrons. The van der Waals surface area contributed by atoms with E-state index in [-0.39, 0.29) is 5.79 Å². The van der Waals surface area contributed by atoms with Crippen LogP contribution >= 0.6 is 0 Å². The lowest BCUT2D eigenvalue weighted by Crippen LogP contribution is -2.46. The van der Waals surface area contributed by atoms with E-state index >= 15 is 0 Å². The predicted octanol–water partition coefficient (Wildman–Crippen LogP) is 1.30. The summed E-state index contributed by atoms with van der Waals surface area (Å²) in [6.45, 7) is 0. The molecule has 0 radical (unpaired) electrons. The van der Waals surface area contributed by atoms with Gasteiger partial charge in [-0.05, 0) is 5.92 Å². The highest BCUT2D eigenvalue weighted by Gasteiger charge is 2.44. The monoisotopic (exact) mass is 155 g/mol. The Morgan fingerprint density at radius 1 is 1.45 bits per heavy atom. The van der Waals surface area contributed by atoms with E-state index in [2.05, 4.69) is 6.07 Å². The molecule has 0 unspecified atom stereocenters. The smallest absolute Gasteiger partial charge is 0.168 e. The normalized spacial score (nSPS) is 22.3. The van der Waals surface area contributed by atoms with Crippen molar-refractivity contribution in [1.29, 1.82) is 5.26 Å². The second kappa shape index (κ2) is 3.21. The summed E-state index contributed by atoms with van der Waals surface area (Å²) in [5, 5.41) is 8.39. The Balaban J connectivity index is 2.31. The average molecular weight is 155 g/mol. The first-order valence-corrected chi connectivity index (χ1v) is 3.73. The van der Waals surface area contributed by atoms with Crippen LogP contribution < -0.4 is 0 Å². The van der Waals surface area contributed by atoms with E-state index in [1.54, 1.807) is 14.2 Å². The van der Waals surface area contributed by atoms with Crippen molar-refractivity contribution in [3.8, 4) is 6.07 Å². The molecule has 1 rings (SSSR count). The Morgan fingerprint density at radius 2 is 2.00 bits per heavy atom. The Hall–Kier alpha value is -0.590. The first-order chi connectivity index (χ1) is 5.26. The molecule has 0 spiro atoms. The topological polar surface area (TPSA) is 42.2 Å². The molecule has 0 aromatic carbocycles. The molecule has 0 atom stereocenters. The van der Waals surface area contributed by atoms with Gasteiger partial charge >= 0.3 is 0 Å². The van der Waals surface area contributed by atoms with Crippen LogP contribution in [0.25, 0.3) is 0 Å². The summed E-state index contributed by atoms with van der Waals surface area (Å²) in [6.07, 6.45) is 2.33. The number of hydrogen-bond acceptors (Lipinski definition) is 3. The van der Waals surface area contributed by atoms with Crippen LogP contribution in [0, 0.1) is 17.2 Å². The molecule has 0 amide bonds. The summed E-state index contributed by atoms with van der Waals surface area (Å²) in [6, 6.07) is 2.14. The highest BCUT2D eigenvalue weighted by molar-refractivity contribution is 4.92. The number of methoxy groups -OCH3 is 2. The zero-order valence-corrected chi connectivity index (χ0v) is 6.96. The van der Waals surface area contributed by atoms with Gasteiger partial charge in [0.15, 0.2) is 5.79 Å². The fourth-order valence-electron chi connectivity index (χ4n) is 1.51. The lowest BCUT2D eigenvalue weighted by atomic mass is 9.77. The van der Waals surface area contributed by atoms with E-state index in [1.165, 1.54) is 0 Å². The molecular formula is C8H13NO2. The van der Waals surface area contributed by atoms with Gasteiger partial charge in [-0.1, -0.05) is 0 Å². The van der Waals surface area contributed by atoms with E-state index in [0.717, 1.165) is 12.8 Å². The maximum absolute atomic E-state index is 8.39. The fourth-order valence-corrected chi connectivity index (χ4v) is 1.51. The summed E-state index contributed by atoms with van der Waals surface area (Å²) < 4.78 is 10.3. The van der Waals surface area contributed by atoms with Crippen molar-refractivity contribution in [2.75, 3.05) is 14.2 Å². The van der Waals surface area contributed by atoms with Crippen LogP contribution in [0.3, 0.4) is 0 Å². The molecule has 0 aliphatic heterocycles. The minimum Gasteiger partial charge on any atom is -0.353 e. The molecule has 0 heterocycles. The Bertz CT molecular complexity index is 161. The third kappa shape index (κ3) is 1.52. The molecule has 1 aliphatic rings. The van der Waals surface area contributed by atoms with Gasteiger partial charge in [0.1, 0.15) is 0 Å². The minimum atomic E-state index is -0.373. The summed E-state index contributed by atoms with van der Waals surface area (Å²) in [5.74, 6) is 0.0986. The number of hydrogen-bond donors (Lipinski definition) is 0. The third-order valence-corrected chi connectivity index (χ3v) is 2.32. The van der Waals surface area contributed by atoms with Gasteiger partial charge in [0.25, 0.3) is 0 Å². The molecule has 1 saturated carbocycles. The SMILES string of the molecule is COC1(OC)CC(CC#N)C1. The summed E-state index contributed by atoms with van der Waals surface area (Å²) in [7, 11) is 3.29. The molecule has 11 heavy (non-hydrogen) atoms. The number of nitriles is 1. The van der Waals surface area contributed by atoms with Crippen LogP contribution in [0.1, 0.15) is 19.3 Å². The van der Waals surface area contributed by atoms with E-state index in [0.29, 0.717) is 12.3 Å². The highest BCUT2D eigenvalue weighted by Crippen LogP contribution is 2.42. The van der Waals surface area contributed by atoms with Crippen molar-refractivity contribution in [2.45, 2.75) is 25.0 Å². The largest absolute Gasteiger partial charge is 0.353 e. The molecule has 1 fully saturated rings. The van der Waals surface area contributed by atoms with Crippen LogP contribution in [-0.4, -0.2) is 20.0 Å². The second-order valence-electron chi connectivity index (χ2n) is 2.96. The van der Waals surface area contributed by atoms with Crippen molar-refractivity contribution < 1.29 is 9.47 Å². The van der Waals surface area contributed by atoms with Crippen molar-refractivity contribution >= 4 is 0 Å². The van der Waals surface area contributed by atoms with Gasteiger partial charge in [-0.2, -0.15) is 5.26 Å². The van der Waals surface area contributed by atoms with Crippen molar-refractivity contribution in [2.24, 2.45) is 5.92 Å². The lowest BCUT2D eigenvalue weighted by Gasteiger charge is -2.44. The molecule has 0 N–H and O–H groups in total. The average Bonchev–Trinajstić information content (AvgIpc) is 1.96. The number of rotatable bonds is 3. The van der Waals surface area contributed by atoms with Crippen molar-refractivity contribution in [3.63, 3.8) is 0 Å². The zero-order valence-electron chi connectivity index (χ0n) is 6.96. The Kier molecular flexibility index (Phi) is 2.48. The number of ether oxygens (including phenoxy) is 2. The van der Waals surface area contributed by atoms with Crippen LogP contribution in [0.4, 0.5) is 0 Å². The first kappa shape index (κ1) is 8.51. The second-order valence-corrected chi connectivity index (χ2v) is 2.96. The van der Waals surface area contributed by atoms with E-state index < -0.39 is 0 Å². The molecule has 0 aromatic rings. The predicted molar refractivity (Wildman–Crippen MR) is 39.7 cm³/mol. The molecular weight excluding hydrogens is 142 g/mol. The van der Waals surface area contributed by atoms with Crippen molar-refractivity contribution in [3.05, 3.63) is 0 Å². The van der Waals surface area contributed by atoms with Crippen LogP contribution in [0.2, 0.25) is 0 Å². The van der Waals surface area contributed by atoms with Gasteiger partial charge in [-0.25, -0.2) is 0 Å². The molecule has 0 saturated heterocycles. The van der Waals surface area contributed by atoms with Gasteiger partial charge in [-0.15, -0.1) is 0 Å². The molecule has 0 aromatic heterocycles. The Labute approximate surface area is 66.9 Å². The van der Waals surface area contributed by atoms with Gasteiger partial charge in [-0.3, -0.25) is 0 Å². The van der Waals surface area contributed by atoms with E-state index in [1.807, 2.05) is 0 Å². The van der Waals surface area contributed by atoms with Gasteiger partial charge < -0.3 is 9.47 Å². The van der Waals surface area contributed by atoms with Gasteiger partial charge in [0.05, 0.1) is 6.07 Å². The number of nitrogens with zero attached hydrogens (tertiary/aromatic N) is 1. The lowest BCUT2D eigenvalue weighted by molar-refractivity contribution is -0.269. The summed E-state index contributed by atoms with van der Waals surface area (Å²) in [5.41, 5.74) is 0. The molecule has 3 heteroatoms. The van der Waals surface area contributed by atoms with E-state index in [9.17, 15) is 0 Å². The third-order valence-electron chi connectivity index (χ3n) is 2.32. The molecule has 0 bridgehead atoms.